The fourth-order valence-electron chi connectivity index (χ4n) is 2.14. The minimum absolute atomic E-state index is 0.0223. The van der Waals surface area contributed by atoms with E-state index in [1.807, 2.05) is 13.0 Å². The first-order chi connectivity index (χ1) is 9.81. The fourth-order valence-corrected chi connectivity index (χ4v) is 2.14. The molecule has 0 spiro atoms. The van der Waals surface area contributed by atoms with Gasteiger partial charge in [-0.1, -0.05) is 19.1 Å². The normalized spacial score (nSPS) is 13.7. The van der Waals surface area contributed by atoms with Crippen molar-refractivity contribution in [3.05, 3.63) is 35.6 Å². The molecule has 0 aromatic heterocycles. The van der Waals surface area contributed by atoms with Crippen molar-refractivity contribution in [3.63, 3.8) is 0 Å². The zero-order valence-electron chi connectivity index (χ0n) is 12.4. The number of halogens is 4. The van der Waals surface area contributed by atoms with Gasteiger partial charge >= 0.3 is 6.18 Å². The molecule has 0 heterocycles. The van der Waals surface area contributed by atoms with Crippen LogP contribution in [0.2, 0.25) is 0 Å². The second kappa shape index (κ2) is 8.34. The Balaban J connectivity index is 2.51. The highest BCUT2D eigenvalue weighted by Crippen LogP contribution is 2.21. The molecule has 1 rings (SSSR count). The molecule has 120 valence electrons. The average molecular weight is 306 g/mol. The van der Waals surface area contributed by atoms with Crippen LogP contribution in [0.1, 0.15) is 31.4 Å². The Hall–Kier alpha value is -1.14. The molecule has 0 radical (unpaired) electrons. The monoisotopic (exact) mass is 306 g/mol. The lowest BCUT2D eigenvalue weighted by molar-refractivity contribution is -0.137. The van der Waals surface area contributed by atoms with Gasteiger partial charge in [-0.05, 0) is 44.3 Å². The molecular weight excluding hydrogens is 284 g/mol. The van der Waals surface area contributed by atoms with E-state index in [9.17, 15) is 17.6 Å². The molecule has 0 aliphatic heterocycles. The van der Waals surface area contributed by atoms with Crippen LogP contribution in [0, 0.1) is 5.82 Å². The first-order valence-electron chi connectivity index (χ1n) is 7.06. The molecule has 1 atom stereocenters. The predicted molar refractivity (Wildman–Crippen MR) is 75.6 cm³/mol. The fraction of sp³-hybridized carbons (Fsp3) is 0.600. The van der Waals surface area contributed by atoms with Gasteiger partial charge < -0.3 is 10.2 Å². The Labute approximate surface area is 123 Å². The van der Waals surface area contributed by atoms with Crippen LogP contribution in [0.4, 0.5) is 17.6 Å². The summed E-state index contributed by atoms with van der Waals surface area (Å²) in [6, 6.07) is 6.25. The second-order valence-electron chi connectivity index (χ2n) is 5.12. The first-order valence-corrected chi connectivity index (χ1v) is 7.06. The van der Waals surface area contributed by atoms with Crippen LogP contribution < -0.4 is 5.32 Å². The van der Waals surface area contributed by atoms with Crippen LogP contribution in [-0.4, -0.2) is 37.8 Å². The zero-order chi connectivity index (χ0) is 15.9. The number of nitrogens with one attached hydrogen (secondary N) is 1. The van der Waals surface area contributed by atoms with Gasteiger partial charge in [-0.2, -0.15) is 13.2 Å². The van der Waals surface area contributed by atoms with Crippen LogP contribution in [-0.2, 0) is 0 Å². The third kappa shape index (κ3) is 7.43. The average Bonchev–Trinajstić information content (AvgIpc) is 2.40. The number of benzene rings is 1. The predicted octanol–water partition coefficient (Wildman–Crippen LogP) is 3.75. The Kier molecular flexibility index (Phi) is 7.11. The minimum Gasteiger partial charge on any atom is -0.310 e. The third-order valence-corrected chi connectivity index (χ3v) is 3.28. The molecule has 1 unspecified atom stereocenters. The molecule has 1 N–H and O–H groups in total. The molecule has 21 heavy (non-hydrogen) atoms. The van der Waals surface area contributed by atoms with Crippen molar-refractivity contribution >= 4 is 0 Å². The zero-order valence-corrected chi connectivity index (χ0v) is 12.4. The van der Waals surface area contributed by atoms with E-state index in [1.54, 1.807) is 18.0 Å². The second-order valence-corrected chi connectivity index (χ2v) is 5.12. The van der Waals surface area contributed by atoms with Gasteiger partial charge in [-0.15, -0.1) is 0 Å². The van der Waals surface area contributed by atoms with E-state index in [2.05, 4.69) is 5.32 Å². The Bertz CT molecular complexity index is 420. The van der Waals surface area contributed by atoms with E-state index in [1.165, 1.54) is 12.1 Å². The molecule has 0 bridgehead atoms. The van der Waals surface area contributed by atoms with Gasteiger partial charge in [0, 0.05) is 12.6 Å². The summed E-state index contributed by atoms with van der Waals surface area (Å²) in [6.45, 7) is 3.16. The summed E-state index contributed by atoms with van der Waals surface area (Å²) in [5.74, 6) is -0.305. The van der Waals surface area contributed by atoms with Crippen molar-refractivity contribution in [2.45, 2.75) is 32.0 Å². The van der Waals surface area contributed by atoms with E-state index in [-0.39, 0.29) is 18.4 Å². The standard InChI is InChI=1S/C15H22F4N2/c1-3-20-14(12-5-4-6-13(16)11-12)7-9-21(2)10-8-15(17,18)19/h4-6,11,14,20H,3,7-10H2,1-2H3. The molecule has 0 saturated carbocycles. The van der Waals surface area contributed by atoms with Gasteiger partial charge in [-0.3, -0.25) is 0 Å². The van der Waals surface area contributed by atoms with Crippen LogP contribution >= 0.6 is 0 Å². The highest BCUT2D eigenvalue weighted by atomic mass is 19.4. The van der Waals surface area contributed by atoms with E-state index < -0.39 is 12.6 Å². The highest BCUT2D eigenvalue weighted by molar-refractivity contribution is 5.20. The number of alkyl halides is 3. The van der Waals surface area contributed by atoms with Gasteiger partial charge in [-0.25, -0.2) is 4.39 Å². The van der Waals surface area contributed by atoms with Gasteiger partial charge in [0.2, 0.25) is 0 Å². The summed E-state index contributed by atoms with van der Waals surface area (Å²) in [5, 5.41) is 3.24. The Morgan fingerprint density at radius 1 is 1.24 bits per heavy atom. The lowest BCUT2D eigenvalue weighted by Gasteiger charge is -2.23. The number of hydrogen-bond donors (Lipinski definition) is 1. The summed E-state index contributed by atoms with van der Waals surface area (Å²) in [4.78, 5) is 1.65. The van der Waals surface area contributed by atoms with Crippen molar-refractivity contribution in [3.8, 4) is 0 Å². The summed E-state index contributed by atoms with van der Waals surface area (Å²) in [6.07, 6.45) is -4.31. The Morgan fingerprint density at radius 2 is 1.95 bits per heavy atom. The smallest absolute Gasteiger partial charge is 0.310 e. The summed E-state index contributed by atoms with van der Waals surface area (Å²) in [7, 11) is 1.67. The summed E-state index contributed by atoms with van der Waals surface area (Å²) >= 11 is 0. The lowest BCUT2D eigenvalue weighted by Crippen LogP contribution is -2.29. The third-order valence-electron chi connectivity index (χ3n) is 3.28. The molecule has 0 aliphatic carbocycles. The summed E-state index contributed by atoms with van der Waals surface area (Å²) < 4.78 is 49.7. The van der Waals surface area contributed by atoms with Crippen molar-refractivity contribution in [2.24, 2.45) is 0 Å². The molecular formula is C15H22F4N2. The van der Waals surface area contributed by atoms with Gasteiger partial charge in [0.05, 0.1) is 6.42 Å². The molecule has 1 aromatic rings. The van der Waals surface area contributed by atoms with E-state index in [0.717, 1.165) is 5.56 Å². The van der Waals surface area contributed by atoms with E-state index in [0.29, 0.717) is 19.5 Å². The highest BCUT2D eigenvalue weighted by Gasteiger charge is 2.27. The van der Waals surface area contributed by atoms with E-state index in [4.69, 9.17) is 0 Å². The maximum atomic E-state index is 13.3. The Morgan fingerprint density at radius 3 is 2.52 bits per heavy atom. The van der Waals surface area contributed by atoms with E-state index >= 15 is 0 Å². The van der Waals surface area contributed by atoms with Gasteiger partial charge in [0.25, 0.3) is 0 Å². The SMILES string of the molecule is CCNC(CCN(C)CCC(F)(F)F)c1cccc(F)c1. The molecule has 0 saturated heterocycles. The topological polar surface area (TPSA) is 15.3 Å². The lowest BCUT2D eigenvalue weighted by atomic mass is 10.0. The van der Waals surface area contributed by atoms with Crippen LogP contribution in [0.3, 0.4) is 0 Å². The van der Waals surface area contributed by atoms with Crippen molar-refractivity contribution < 1.29 is 17.6 Å². The van der Waals surface area contributed by atoms with Gasteiger partial charge in [0.1, 0.15) is 5.82 Å². The molecule has 0 fully saturated rings. The molecule has 0 aliphatic rings. The van der Waals surface area contributed by atoms with Crippen molar-refractivity contribution in [2.75, 3.05) is 26.7 Å². The minimum atomic E-state index is -4.13. The van der Waals surface area contributed by atoms with Crippen LogP contribution in [0.15, 0.2) is 24.3 Å². The maximum absolute atomic E-state index is 13.3. The first kappa shape index (κ1) is 17.9. The number of rotatable bonds is 8. The maximum Gasteiger partial charge on any atom is 0.390 e. The largest absolute Gasteiger partial charge is 0.390 e. The molecule has 2 nitrogen and oxygen atoms in total. The van der Waals surface area contributed by atoms with Crippen LogP contribution in [0.5, 0.6) is 0 Å². The molecule has 1 aromatic carbocycles. The molecule has 0 amide bonds. The number of hydrogen-bond acceptors (Lipinski definition) is 2. The van der Waals surface area contributed by atoms with Gasteiger partial charge in [0.15, 0.2) is 0 Å². The van der Waals surface area contributed by atoms with Crippen molar-refractivity contribution in [1.82, 2.24) is 10.2 Å². The summed E-state index contributed by atoms with van der Waals surface area (Å²) in [5.41, 5.74) is 0.820. The quantitative estimate of drug-likeness (QED) is 0.736. The van der Waals surface area contributed by atoms with Crippen LogP contribution in [0.25, 0.3) is 0 Å². The van der Waals surface area contributed by atoms with Crippen molar-refractivity contribution in [1.29, 1.82) is 0 Å². The molecule has 6 heteroatoms. The number of nitrogens with zero attached hydrogens (tertiary/aromatic N) is 1.